The zero-order chi connectivity index (χ0) is 13.6. The van der Waals surface area contributed by atoms with Crippen LogP contribution < -0.4 is 10.8 Å². The predicted octanol–water partition coefficient (Wildman–Crippen LogP) is 0.613. The van der Waals surface area contributed by atoms with Gasteiger partial charge < -0.3 is 10.1 Å². The van der Waals surface area contributed by atoms with E-state index >= 15 is 0 Å². The van der Waals surface area contributed by atoms with Crippen LogP contribution in [0.5, 0.6) is 0 Å². The summed E-state index contributed by atoms with van der Waals surface area (Å²) >= 11 is 0. The average Bonchev–Trinajstić information content (AvgIpc) is 2.29. The van der Waals surface area contributed by atoms with Gasteiger partial charge in [0.05, 0.1) is 12.0 Å². The number of hydrogen-bond donors (Lipinski definition) is 2. The standard InChI is InChI=1S/C10H17F3N2O3/c1-17-6-9(2-4-14-5-3-9)8(16)15-18-7-10(11,12)13/h14H,2-7H2,1H3,(H,15,16). The minimum atomic E-state index is -4.46. The number of nitrogens with one attached hydrogen (secondary N) is 2. The minimum Gasteiger partial charge on any atom is -0.384 e. The lowest BCUT2D eigenvalue weighted by Crippen LogP contribution is -2.50. The van der Waals surface area contributed by atoms with Crippen LogP contribution in [0.4, 0.5) is 13.2 Å². The number of carbonyl (C=O) groups is 1. The molecule has 1 aliphatic heterocycles. The van der Waals surface area contributed by atoms with Crippen LogP contribution in [-0.2, 0) is 14.4 Å². The highest BCUT2D eigenvalue weighted by Crippen LogP contribution is 2.29. The van der Waals surface area contributed by atoms with Crippen molar-refractivity contribution in [2.24, 2.45) is 5.41 Å². The molecule has 18 heavy (non-hydrogen) atoms. The summed E-state index contributed by atoms with van der Waals surface area (Å²) in [6.45, 7) is -0.0952. The minimum absolute atomic E-state index is 0.163. The lowest BCUT2D eigenvalue weighted by Gasteiger charge is -2.35. The lowest BCUT2D eigenvalue weighted by atomic mass is 9.79. The highest BCUT2D eigenvalue weighted by molar-refractivity contribution is 5.82. The fourth-order valence-electron chi connectivity index (χ4n) is 1.91. The third-order valence-electron chi connectivity index (χ3n) is 2.86. The Balaban J connectivity index is 2.49. The summed E-state index contributed by atoms with van der Waals surface area (Å²) in [5.74, 6) is -0.560. The molecule has 0 aromatic rings. The van der Waals surface area contributed by atoms with E-state index in [-0.39, 0.29) is 6.61 Å². The van der Waals surface area contributed by atoms with E-state index in [0.717, 1.165) is 0 Å². The molecule has 0 spiro atoms. The maximum Gasteiger partial charge on any atom is 0.414 e. The molecule has 1 rings (SSSR count). The molecule has 0 radical (unpaired) electrons. The van der Waals surface area contributed by atoms with Crippen molar-refractivity contribution in [1.82, 2.24) is 10.8 Å². The van der Waals surface area contributed by atoms with Crippen LogP contribution in [0.25, 0.3) is 0 Å². The molecule has 1 saturated heterocycles. The van der Waals surface area contributed by atoms with Crippen molar-refractivity contribution in [1.29, 1.82) is 0 Å². The van der Waals surface area contributed by atoms with Gasteiger partial charge in [0.25, 0.3) is 5.91 Å². The first kappa shape index (κ1) is 15.2. The van der Waals surface area contributed by atoms with E-state index in [4.69, 9.17) is 4.74 Å². The molecular weight excluding hydrogens is 253 g/mol. The van der Waals surface area contributed by atoms with Crippen LogP contribution in [0, 0.1) is 5.41 Å². The van der Waals surface area contributed by atoms with Crippen LogP contribution >= 0.6 is 0 Å². The van der Waals surface area contributed by atoms with Crippen molar-refractivity contribution in [3.63, 3.8) is 0 Å². The number of piperidine rings is 1. The Morgan fingerprint density at radius 2 is 2.00 bits per heavy atom. The summed E-state index contributed by atoms with van der Waals surface area (Å²) < 4.78 is 40.6. The molecule has 0 unspecified atom stereocenters. The van der Waals surface area contributed by atoms with Gasteiger partial charge in [-0.3, -0.25) is 9.63 Å². The molecule has 0 bridgehead atoms. The Hall–Kier alpha value is -0.860. The number of hydrogen-bond acceptors (Lipinski definition) is 4. The van der Waals surface area contributed by atoms with Gasteiger partial charge in [-0.15, -0.1) is 0 Å². The number of alkyl halides is 3. The number of hydroxylamine groups is 1. The van der Waals surface area contributed by atoms with Crippen LogP contribution in [0.3, 0.4) is 0 Å². The third kappa shape index (κ3) is 4.43. The first-order chi connectivity index (χ1) is 8.40. The van der Waals surface area contributed by atoms with E-state index in [2.05, 4.69) is 10.2 Å². The van der Waals surface area contributed by atoms with Crippen LogP contribution in [0.1, 0.15) is 12.8 Å². The topological polar surface area (TPSA) is 59.6 Å². The third-order valence-corrected chi connectivity index (χ3v) is 2.86. The van der Waals surface area contributed by atoms with Gasteiger partial charge in [-0.05, 0) is 25.9 Å². The smallest absolute Gasteiger partial charge is 0.384 e. The maximum absolute atomic E-state index is 11.9. The molecule has 1 aliphatic rings. The van der Waals surface area contributed by atoms with Crippen LogP contribution in [0.2, 0.25) is 0 Å². The largest absolute Gasteiger partial charge is 0.414 e. The van der Waals surface area contributed by atoms with Crippen LogP contribution in [0.15, 0.2) is 0 Å². The normalized spacial score (nSPS) is 19.6. The van der Waals surface area contributed by atoms with Gasteiger partial charge in [-0.2, -0.15) is 13.2 Å². The van der Waals surface area contributed by atoms with E-state index in [1.807, 2.05) is 5.48 Å². The summed E-state index contributed by atoms with van der Waals surface area (Å²) in [6.07, 6.45) is -3.46. The molecule has 2 N–H and O–H groups in total. The number of rotatable bonds is 5. The Morgan fingerprint density at radius 3 is 2.50 bits per heavy atom. The molecule has 0 aliphatic carbocycles. The molecule has 0 atom stereocenters. The highest BCUT2D eigenvalue weighted by Gasteiger charge is 2.40. The summed E-state index contributed by atoms with van der Waals surface area (Å²) in [6, 6.07) is 0. The summed E-state index contributed by atoms with van der Waals surface area (Å²) in [5.41, 5.74) is 1.05. The van der Waals surface area contributed by atoms with Crippen molar-refractivity contribution >= 4 is 5.91 Å². The Kier molecular flexibility index (Phi) is 5.36. The zero-order valence-corrected chi connectivity index (χ0v) is 10.1. The molecule has 5 nitrogen and oxygen atoms in total. The molecule has 106 valence electrons. The van der Waals surface area contributed by atoms with Gasteiger partial charge in [0.15, 0.2) is 6.61 Å². The quantitative estimate of drug-likeness (QED) is 0.719. The molecule has 0 saturated carbocycles. The number of carbonyl (C=O) groups excluding carboxylic acids is 1. The molecule has 1 fully saturated rings. The average molecular weight is 270 g/mol. The monoisotopic (exact) mass is 270 g/mol. The SMILES string of the molecule is COCC1(C(=O)NOCC(F)(F)F)CCNCC1. The fraction of sp³-hybridized carbons (Fsp3) is 0.900. The van der Waals surface area contributed by atoms with Gasteiger partial charge >= 0.3 is 6.18 Å². The number of ether oxygens (including phenoxy) is 1. The number of halogens is 3. The Labute approximate surface area is 103 Å². The number of methoxy groups -OCH3 is 1. The Morgan fingerprint density at radius 1 is 1.39 bits per heavy atom. The van der Waals surface area contributed by atoms with Crippen LogP contribution in [-0.4, -0.2) is 45.5 Å². The highest BCUT2D eigenvalue weighted by atomic mass is 19.4. The molecule has 1 heterocycles. The van der Waals surface area contributed by atoms with Crippen molar-refractivity contribution in [2.45, 2.75) is 19.0 Å². The van der Waals surface area contributed by atoms with E-state index in [1.165, 1.54) is 7.11 Å². The van der Waals surface area contributed by atoms with Crippen molar-refractivity contribution in [3.8, 4) is 0 Å². The molecule has 1 amide bonds. The predicted molar refractivity (Wildman–Crippen MR) is 56.6 cm³/mol. The molecule has 8 heteroatoms. The van der Waals surface area contributed by atoms with Crippen molar-refractivity contribution in [2.75, 3.05) is 33.4 Å². The van der Waals surface area contributed by atoms with E-state index in [9.17, 15) is 18.0 Å². The van der Waals surface area contributed by atoms with E-state index in [0.29, 0.717) is 25.9 Å². The van der Waals surface area contributed by atoms with E-state index < -0.39 is 24.1 Å². The van der Waals surface area contributed by atoms with Gasteiger partial charge in [0, 0.05) is 7.11 Å². The summed E-state index contributed by atoms with van der Waals surface area (Å²) in [7, 11) is 1.45. The second-order valence-corrected chi connectivity index (χ2v) is 4.30. The number of amides is 1. The van der Waals surface area contributed by atoms with E-state index in [1.54, 1.807) is 0 Å². The second-order valence-electron chi connectivity index (χ2n) is 4.30. The maximum atomic E-state index is 11.9. The van der Waals surface area contributed by atoms with Crippen molar-refractivity contribution in [3.05, 3.63) is 0 Å². The zero-order valence-electron chi connectivity index (χ0n) is 10.1. The Bertz CT molecular complexity index is 273. The van der Waals surface area contributed by atoms with Gasteiger partial charge in [-0.1, -0.05) is 0 Å². The van der Waals surface area contributed by atoms with Gasteiger partial charge in [0.1, 0.15) is 0 Å². The molecule has 0 aromatic heterocycles. The second kappa shape index (κ2) is 6.35. The summed E-state index contributed by atoms with van der Waals surface area (Å²) in [5, 5.41) is 3.08. The molecule has 0 aromatic carbocycles. The summed E-state index contributed by atoms with van der Waals surface area (Å²) in [4.78, 5) is 16.1. The fourth-order valence-corrected chi connectivity index (χ4v) is 1.91. The first-order valence-electron chi connectivity index (χ1n) is 5.58. The van der Waals surface area contributed by atoms with Gasteiger partial charge in [0.2, 0.25) is 0 Å². The molecular formula is C10H17F3N2O3. The lowest BCUT2D eigenvalue weighted by molar-refractivity contribution is -0.195. The van der Waals surface area contributed by atoms with Gasteiger partial charge in [-0.25, -0.2) is 5.48 Å². The van der Waals surface area contributed by atoms with Crippen molar-refractivity contribution < 1.29 is 27.5 Å². The first-order valence-corrected chi connectivity index (χ1v) is 5.58.